The van der Waals surface area contributed by atoms with E-state index in [-0.39, 0.29) is 0 Å². The summed E-state index contributed by atoms with van der Waals surface area (Å²) in [7, 11) is 1.50. The zero-order valence-electron chi connectivity index (χ0n) is 5.61. The number of carbonyl (C=O) groups excluding carboxylic acids is 2. The summed E-state index contributed by atoms with van der Waals surface area (Å²) in [5.41, 5.74) is 0. The van der Waals surface area contributed by atoms with Crippen molar-refractivity contribution in [3.05, 3.63) is 0 Å². The molecule has 0 radical (unpaired) electrons. The molecule has 0 saturated carbocycles. The van der Waals surface area contributed by atoms with E-state index in [1.165, 1.54) is 12.1 Å². The van der Waals surface area contributed by atoms with Gasteiger partial charge >= 0.3 is 6.09 Å². The fourth-order valence-electron chi connectivity index (χ4n) is 0.729. The quantitative estimate of drug-likeness (QED) is 0.488. The van der Waals surface area contributed by atoms with E-state index in [0.29, 0.717) is 19.6 Å². The van der Waals surface area contributed by atoms with E-state index in [1.807, 2.05) is 0 Å². The molecule has 1 rings (SSSR count). The van der Waals surface area contributed by atoms with Gasteiger partial charge in [-0.2, -0.15) is 0 Å². The van der Waals surface area contributed by atoms with Crippen LogP contribution in [-0.2, 0) is 9.53 Å². The first kappa shape index (κ1) is 6.85. The van der Waals surface area contributed by atoms with E-state index in [4.69, 9.17) is 0 Å². The minimum absolute atomic E-state index is 0.358. The molecule has 0 bridgehead atoms. The van der Waals surface area contributed by atoms with Crippen LogP contribution in [0.5, 0.6) is 0 Å². The Balaban J connectivity index is 2.54. The summed E-state index contributed by atoms with van der Waals surface area (Å²) in [5.74, 6) is 0. The predicted octanol–water partition coefficient (Wildman–Crippen LogP) is -0.558. The molecule has 0 aromatic carbocycles. The van der Waals surface area contributed by atoms with Crippen LogP contribution in [0.25, 0.3) is 0 Å². The monoisotopic (exact) mass is 144 g/mol. The maximum Gasteiger partial charge on any atom is 0.429 e. The van der Waals surface area contributed by atoms with Gasteiger partial charge in [0.2, 0.25) is 6.41 Å². The molecule has 1 saturated heterocycles. The summed E-state index contributed by atoms with van der Waals surface area (Å²) in [6, 6.07) is 0. The number of ether oxygens (including phenoxy) is 1. The van der Waals surface area contributed by atoms with Gasteiger partial charge in [-0.15, -0.1) is 0 Å². The third kappa shape index (κ3) is 1.02. The Morgan fingerprint density at radius 3 is 2.90 bits per heavy atom. The second kappa shape index (κ2) is 2.55. The molecule has 10 heavy (non-hydrogen) atoms. The summed E-state index contributed by atoms with van der Waals surface area (Å²) >= 11 is 0. The highest BCUT2D eigenvalue weighted by molar-refractivity contribution is 5.70. The highest BCUT2D eigenvalue weighted by Crippen LogP contribution is 2.03. The topological polar surface area (TPSA) is 49.9 Å². The molecule has 0 aliphatic carbocycles. The maximum absolute atomic E-state index is 10.7. The molecule has 1 aliphatic heterocycles. The van der Waals surface area contributed by atoms with Crippen LogP contribution < -0.4 is 0 Å². The summed E-state index contributed by atoms with van der Waals surface area (Å²) < 4.78 is 4.57. The first-order chi connectivity index (χ1) is 4.75. The van der Waals surface area contributed by atoms with Crippen molar-refractivity contribution in [2.24, 2.45) is 0 Å². The molecular formula is C5H8N2O3. The van der Waals surface area contributed by atoms with Gasteiger partial charge in [0.05, 0.1) is 6.54 Å². The normalized spacial score (nSPS) is 16.9. The Bertz CT molecular complexity index is 159. The predicted molar refractivity (Wildman–Crippen MR) is 31.9 cm³/mol. The lowest BCUT2D eigenvalue weighted by molar-refractivity contribution is -0.126. The van der Waals surface area contributed by atoms with Crippen molar-refractivity contribution in [3.8, 4) is 0 Å². The van der Waals surface area contributed by atoms with Crippen molar-refractivity contribution in [1.82, 2.24) is 10.0 Å². The minimum Gasteiger partial charge on any atom is -0.446 e. The number of hydrazine groups is 1. The number of amides is 2. The second-order valence-corrected chi connectivity index (χ2v) is 1.92. The fourth-order valence-corrected chi connectivity index (χ4v) is 0.729. The molecule has 0 N–H and O–H groups in total. The SMILES string of the molecule is CN(C=O)N1CCOC1=O. The highest BCUT2D eigenvalue weighted by Gasteiger charge is 2.24. The van der Waals surface area contributed by atoms with Crippen LogP contribution in [0.4, 0.5) is 4.79 Å². The van der Waals surface area contributed by atoms with Gasteiger partial charge in [-0.05, 0) is 0 Å². The Morgan fingerprint density at radius 2 is 2.50 bits per heavy atom. The van der Waals surface area contributed by atoms with Crippen LogP contribution in [0.3, 0.4) is 0 Å². The molecule has 5 nitrogen and oxygen atoms in total. The number of cyclic esters (lactones) is 1. The summed E-state index contributed by atoms with van der Waals surface area (Å²) in [5, 5.41) is 2.39. The molecule has 0 spiro atoms. The molecule has 0 atom stereocenters. The van der Waals surface area contributed by atoms with Gasteiger partial charge in [0.25, 0.3) is 0 Å². The van der Waals surface area contributed by atoms with Gasteiger partial charge in [0, 0.05) is 7.05 Å². The average molecular weight is 144 g/mol. The van der Waals surface area contributed by atoms with Crippen LogP contribution in [-0.4, -0.2) is 42.7 Å². The molecule has 56 valence electrons. The molecule has 5 heteroatoms. The van der Waals surface area contributed by atoms with Crippen molar-refractivity contribution in [1.29, 1.82) is 0 Å². The maximum atomic E-state index is 10.7. The lowest BCUT2D eigenvalue weighted by atomic mass is 10.7. The van der Waals surface area contributed by atoms with Gasteiger partial charge < -0.3 is 4.74 Å². The van der Waals surface area contributed by atoms with Gasteiger partial charge in [-0.3, -0.25) is 9.80 Å². The van der Waals surface area contributed by atoms with Gasteiger partial charge in [0.1, 0.15) is 6.61 Å². The summed E-state index contributed by atoms with van der Waals surface area (Å²) in [6.07, 6.45) is 0.0988. The van der Waals surface area contributed by atoms with Crippen LogP contribution in [0, 0.1) is 0 Å². The first-order valence-corrected chi connectivity index (χ1v) is 2.88. The summed E-state index contributed by atoms with van der Waals surface area (Å²) in [4.78, 5) is 20.8. The molecule has 1 fully saturated rings. The van der Waals surface area contributed by atoms with Crippen molar-refractivity contribution in [3.63, 3.8) is 0 Å². The Kier molecular flexibility index (Phi) is 1.75. The van der Waals surface area contributed by atoms with Crippen LogP contribution in [0.15, 0.2) is 0 Å². The van der Waals surface area contributed by atoms with Crippen LogP contribution >= 0.6 is 0 Å². The molecule has 1 aliphatic rings. The Labute approximate surface area is 58.1 Å². The van der Waals surface area contributed by atoms with E-state index in [0.717, 1.165) is 5.01 Å². The van der Waals surface area contributed by atoms with Gasteiger partial charge in [0.15, 0.2) is 0 Å². The lowest BCUT2D eigenvalue weighted by Gasteiger charge is -2.19. The standard InChI is InChI=1S/C5H8N2O3/c1-6(4-8)7-2-3-10-5(7)9/h4H,2-3H2,1H3. The Morgan fingerprint density at radius 1 is 1.80 bits per heavy atom. The number of rotatable bonds is 2. The molecule has 2 amide bonds. The fraction of sp³-hybridized carbons (Fsp3) is 0.600. The minimum atomic E-state index is -0.463. The van der Waals surface area contributed by atoms with Crippen LogP contribution in [0.2, 0.25) is 0 Å². The summed E-state index contributed by atoms with van der Waals surface area (Å²) in [6.45, 7) is 0.811. The zero-order valence-corrected chi connectivity index (χ0v) is 5.61. The first-order valence-electron chi connectivity index (χ1n) is 2.88. The number of hydrogen-bond acceptors (Lipinski definition) is 3. The molecule has 0 unspecified atom stereocenters. The molecular weight excluding hydrogens is 136 g/mol. The highest BCUT2D eigenvalue weighted by atomic mass is 16.6. The average Bonchev–Trinajstić information content (AvgIpc) is 2.34. The molecule has 0 aromatic heterocycles. The number of nitrogens with zero attached hydrogens (tertiary/aromatic N) is 2. The number of hydrogen-bond donors (Lipinski definition) is 0. The van der Waals surface area contributed by atoms with Gasteiger partial charge in [-0.25, -0.2) is 9.80 Å². The van der Waals surface area contributed by atoms with Crippen molar-refractivity contribution < 1.29 is 14.3 Å². The van der Waals surface area contributed by atoms with Crippen LogP contribution in [0.1, 0.15) is 0 Å². The molecule has 1 heterocycles. The Hall–Kier alpha value is -1.26. The van der Waals surface area contributed by atoms with Crippen molar-refractivity contribution in [2.75, 3.05) is 20.2 Å². The number of carbonyl (C=O) groups is 2. The third-order valence-electron chi connectivity index (χ3n) is 1.27. The van der Waals surface area contributed by atoms with E-state index in [2.05, 4.69) is 4.74 Å². The zero-order chi connectivity index (χ0) is 7.56. The molecule has 0 aromatic rings. The van der Waals surface area contributed by atoms with Gasteiger partial charge in [-0.1, -0.05) is 0 Å². The third-order valence-corrected chi connectivity index (χ3v) is 1.27. The lowest BCUT2D eigenvalue weighted by Crippen LogP contribution is -2.39. The smallest absolute Gasteiger partial charge is 0.429 e. The van der Waals surface area contributed by atoms with E-state index < -0.39 is 6.09 Å². The van der Waals surface area contributed by atoms with E-state index in [1.54, 1.807) is 0 Å². The largest absolute Gasteiger partial charge is 0.446 e. The van der Waals surface area contributed by atoms with Crippen molar-refractivity contribution >= 4 is 12.5 Å². The van der Waals surface area contributed by atoms with E-state index in [9.17, 15) is 9.59 Å². The second-order valence-electron chi connectivity index (χ2n) is 1.92. The van der Waals surface area contributed by atoms with E-state index >= 15 is 0 Å². The van der Waals surface area contributed by atoms with Crippen molar-refractivity contribution in [2.45, 2.75) is 0 Å².